The van der Waals surface area contributed by atoms with Crippen LogP contribution < -0.4 is 4.74 Å². The first kappa shape index (κ1) is 24.1. The number of carbonyl (C=O) groups excluding carboxylic acids is 2. The Morgan fingerprint density at radius 1 is 1.09 bits per heavy atom. The minimum atomic E-state index is -0.785. The third-order valence-corrected chi connectivity index (χ3v) is 6.32. The van der Waals surface area contributed by atoms with Crippen molar-refractivity contribution in [1.82, 2.24) is 4.90 Å². The number of likely N-dealkylation sites (tertiary alicyclic amines) is 1. The molecule has 1 fully saturated rings. The SMILES string of the molecule is CCCN1C(=O)C(=O)/C(=C(/O)c2cc(C(C)(C)C)ccc2OC)C1c1ccc(Cl)c(Cl)c1. The number of rotatable bonds is 5. The lowest BCUT2D eigenvalue weighted by molar-refractivity contribution is -0.139. The molecule has 1 aliphatic heterocycles. The third-order valence-electron chi connectivity index (χ3n) is 5.58. The van der Waals surface area contributed by atoms with Crippen LogP contribution in [0.5, 0.6) is 5.75 Å². The summed E-state index contributed by atoms with van der Waals surface area (Å²) in [6.45, 7) is 8.42. The maximum Gasteiger partial charge on any atom is 0.295 e. The van der Waals surface area contributed by atoms with E-state index in [9.17, 15) is 14.7 Å². The Hall–Kier alpha value is -2.50. The molecule has 0 saturated carbocycles. The van der Waals surface area contributed by atoms with Gasteiger partial charge < -0.3 is 14.7 Å². The van der Waals surface area contributed by atoms with Crippen LogP contribution in [0.1, 0.15) is 56.8 Å². The molecule has 7 heteroatoms. The maximum atomic E-state index is 13.1. The quantitative estimate of drug-likeness (QED) is 0.320. The number of methoxy groups -OCH3 is 1. The molecular weight excluding hydrogens is 449 g/mol. The predicted molar refractivity (Wildman–Crippen MR) is 127 cm³/mol. The monoisotopic (exact) mass is 475 g/mol. The molecule has 1 aliphatic rings. The first-order chi connectivity index (χ1) is 15.0. The zero-order valence-electron chi connectivity index (χ0n) is 18.8. The number of hydrogen-bond acceptors (Lipinski definition) is 4. The molecule has 1 amide bonds. The summed E-state index contributed by atoms with van der Waals surface area (Å²) in [4.78, 5) is 27.5. The van der Waals surface area contributed by atoms with Gasteiger partial charge in [0.15, 0.2) is 0 Å². The highest BCUT2D eigenvalue weighted by atomic mass is 35.5. The molecule has 0 aromatic heterocycles. The normalized spacial score (nSPS) is 18.3. The van der Waals surface area contributed by atoms with E-state index in [4.69, 9.17) is 27.9 Å². The van der Waals surface area contributed by atoms with Crippen LogP contribution in [0.25, 0.3) is 5.76 Å². The van der Waals surface area contributed by atoms with Gasteiger partial charge in [-0.3, -0.25) is 9.59 Å². The molecule has 0 bridgehead atoms. The van der Waals surface area contributed by atoms with E-state index in [1.54, 1.807) is 30.3 Å². The number of ether oxygens (including phenoxy) is 1. The molecule has 0 aliphatic carbocycles. The van der Waals surface area contributed by atoms with E-state index in [1.807, 2.05) is 13.0 Å². The summed E-state index contributed by atoms with van der Waals surface area (Å²) in [7, 11) is 1.50. The molecular formula is C25H27Cl2NO4. The van der Waals surface area contributed by atoms with Gasteiger partial charge in [0.25, 0.3) is 11.7 Å². The van der Waals surface area contributed by atoms with E-state index in [0.717, 1.165) is 5.56 Å². The van der Waals surface area contributed by atoms with E-state index in [0.29, 0.717) is 39.9 Å². The molecule has 1 N–H and O–H groups in total. The van der Waals surface area contributed by atoms with Crippen molar-refractivity contribution in [3.63, 3.8) is 0 Å². The molecule has 2 aromatic rings. The number of nitrogens with zero attached hydrogens (tertiary/aromatic N) is 1. The second-order valence-corrected chi connectivity index (χ2v) is 9.65. The predicted octanol–water partition coefficient (Wildman–Crippen LogP) is 6.13. The number of aliphatic hydroxyl groups excluding tert-OH is 1. The second-order valence-electron chi connectivity index (χ2n) is 8.83. The van der Waals surface area contributed by atoms with Gasteiger partial charge in [0, 0.05) is 6.54 Å². The van der Waals surface area contributed by atoms with E-state index in [2.05, 4.69) is 20.8 Å². The van der Waals surface area contributed by atoms with Crippen LogP contribution in [-0.2, 0) is 15.0 Å². The zero-order chi connectivity index (χ0) is 23.8. The van der Waals surface area contributed by atoms with Crippen molar-refractivity contribution >= 4 is 40.7 Å². The van der Waals surface area contributed by atoms with E-state index in [-0.39, 0.29) is 16.7 Å². The van der Waals surface area contributed by atoms with Gasteiger partial charge in [-0.2, -0.15) is 0 Å². The van der Waals surface area contributed by atoms with Crippen LogP contribution >= 0.6 is 23.2 Å². The lowest BCUT2D eigenvalue weighted by Gasteiger charge is -2.25. The van der Waals surface area contributed by atoms with Gasteiger partial charge in [-0.05, 0) is 47.2 Å². The first-order valence-corrected chi connectivity index (χ1v) is 11.2. The number of benzene rings is 2. The Morgan fingerprint density at radius 3 is 2.34 bits per heavy atom. The largest absolute Gasteiger partial charge is 0.507 e. The smallest absolute Gasteiger partial charge is 0.295 e. The number of aliphatic hydroxyl groups is 1. The molecule has 2 aromatic carbocycles. The first-order valence-electron chi connectivity index (χ1n) is 10.4. The molecule has 1 unspecified atom stereocenters. The summed E-state index contributed by atoms with van der Waals surface area (Å²) in [6, 6.07) is 9.64. The highest BCUT2D eigenvalue weighted by Crippen LogP contribution is 2.42. The van der Waals surface area contributed by atoms with Gasteiger partial charge >= 0.3 is 0 Å². The molecule has 0 radical (unpaired) electrons. The lowest BCUT2D eigenvalue weighted by atomic mass is 9.85. The Kier molecular flexibility index (Phi) is 6.91. The minimum Gasteiger partial charge on any atom is -0.507 e. The van der Waals surface area contributed by atoms with Gasteiger partial charge in [-0.1, -0.05) is 63.0 Å². The highest BCUT2D eigenvalue weighted by Gasteiger charge is 2.46. The standard InChI is InChI=1S/C25H27Cl2NO4/c1-6-11-28-21(14-7-9-17(26)18(27)12-14)20(23(30)24(28)31)22(29)16-13-15(25(2,3)4)8-10-19(16)32-5/h7-10,12-13,21,29H,6,11H2,1-5H3/b22-20+. The van der Waals surface area contributed by atoms with Gasteiger partial charge in [0.05, 0.1) is 34.3 Å². The summed E-state index contributed by atoms with van der Waals surface area (Å²) in [6.07, 6.45) is 0.647. The number of halogens is 2. The van der Waals surface area contributed by atoms with Gasteiger partial charge in [0.2, 0.25) is 0 Å². The van der Waals surface area contributed by atoms with E-state index < -0.39 is 17.7 Å². The Morgan fingerprint density at radius 2 is 1.78 bits per heavy atom. The van der Waals surface area contributed by atoms with Crippen LogP contribution in [0, 0.1) is 0 Å². The molecule has 0 spiro atoms. The molecule has 3 rings (SSSR count). The number of Topliss-reactive ketones (excluding diaryl/α,β-unsaturated/α-hetero) is 1. The van der Waals surface area contributed by atoms with Gasteiger partial charge in [-0.15, -0.1) is 0 Å². The molecule has 5 nitrogen and oxygen atoms in total. The summed E-state index contributed by atoms with van der Waals surface area (Å²) >= 11 is 12.3. The van der Waals surface area contributed by atoms with Gasteiger partial charge in [-0.25, -0.2) is 0 Å². The van der Waals surface area contributed by atoms with Crippen LogP contribution in [-0.4, -0.2) is 35.4 Å². The van der Waals surface area contributed by atoms with Gasteiger partial charge in [0.1, 0.15) is 11.5 Å². The molecule has 32 heavy (non-hydrogen) atoms. The Labute approximate surface area is 198 Å². The fourth-order valence-corrected chi connectivity index (χ4v) is 4.19. The molecule has 1 atom stereocenters. The topological polar surface area (TPSA) is 66.8 Å². The molecule has 1 heterocycles. The summed E-state index contributed by atoms with van der Waals surface area (Å²) in [5.74, 6) is -1.27. The fourth-order valence-electron chi connectivity index (χ4n) is 3.89. The highest BCUT2D eigenvalue weighted by molar-refractivity contribution is 6.47. The van der Waals surface area contributed by atoms with Crippen molar-refractivity contribution in [2.24, 2.45) is 0 Å². The summed E-state index contributed by atoms with van der Waals surface area (Å²) in [5.41, 5.74) is 1.72. The van der Waals surface area contributed by atoms with Crippen LogP contribution in [0.3, 0.4) is 0 Å². The third kappa shape index (κ3) is 4.37. The number of amides is 1. The lowest BCUT2D eigenvalue weighted by Crippen LogP contribution is -2.30. The van der Waals surface area contributed by atoms with Crippen LogP contribution in [0.15, 0.2) is 42.0 Å². The fraction of sp³-hybridized carbons (Fsp3) is 0.360. The average Bonchev–Trinajstić information content (AvgIpc) is 2.99. The van der Waals surface area contributed by atoms with Crippen molar-refractivity contribution < 1.29 is 19.4 Å². The summed E-state index contributed by atoms with van der Waals surface area (Å²) < 4.78 is 5.46. The maximum absolute atomic E-state index is 13.1. The zero-order valence-corrected chi connectivity index (χ0v) is 20.3. The van der Waals surface area contributed by atoms with Crippen molar-refractivity contribution in [3.8, 4) is 5.75 Å². The second kappa shape index (κ2) is 9.16. The van der Waals surface area contributed by atoms with Crippen molar-refractivity contribution in [1.29, 1.82) is 0 Å². The average molecular weight is 476 g/mol. The van der Waals surface area contributed by atoms with E-state index >= 15 is 0 Å². The number of ketones is 1. The summed E-state index contributed by atoms with van der Waals surface area (Å²) in [5, 5.41) is 12.1. The number of hydrogen-bond donors (Lipinski definition) is 1. The van der Waals surface area contributed by atoms with Crippen molar-refractivity contribution in [3.05, 3.63) is 68.7 Å². The molecule has 170 valence electrons. The Balaban J connectivity index is 2.29. The van der Waals surface area contributed by atoms with E-state index in [1.165, 1.54) is 12.0 Å². The Bertz CT molecular complexity index is 1100. The van der Waals surface area contributed by atoms with Crippen LogP contribution in [0.4, 0.5) is 0 Å². The van der Waals surface area contributed by atoms with Crippen molar-refractivity contribution in [2.45, 2.75) is 45.6 Å². The van der Waals surface area contributed by atoms with Crippen LogP contribution in [0.2, 0.25) is 10.0 Å². The molecule has 1 saturated heterocycles. The number of carbonyl (C=O) groups is 2. The van der Waals surface area contributed by atoms with Crippen molar-refractivity contribution in [2.75, 3.05) is 13.7 Å². The minimum absolute atomic E-state index is 0.00574.